The third kappa shape index (κ3) is 2.88. The standard InChI is InChI=1S/C17H20N4O/c1-2-20-11-12-21(15-9-6-10-18-16(15)20)17(22)19-13-14-7-4-3-5-8-14/h3-10H,2,11-13H2,1H3,(H,19,22). The summed E-state index contributed by atoms with van der Waals surface area (Å²) in [7, 11) is 0. The van der Waals surface area contributed by atoms with Gasteiger partial charge < -0.3 is 10.2 Å². The third-order valence-electron chi connectivity index (χ3n) is 3.86. The van der Waals surface area contributed by atoms with Gasteiger partial charge in [-0.3, -0.25) is 4.90 Å². The molecule has 1 aliphatic rings. The topological polar surface area (TPSA) is 48.5 Å². The summed E-state index contributed by atoms with van der Waals surface area (Å²) in [6.07, 6.45) is 1.77. The van der Waals surface area contributed by atoms with Crippen LogP contribution in [-0.4, -0.2) is 30.6 Å². The number of nitrogens with one attached hydrogen (secondary N) is 1. The van der Waals surface area contributed by atoms with Crippen LogP contribution in [0.5, 0.6) is 0 Å². The van der Waals surface area contributed by atoms with E-state index in [1.165, 1.54) is 0 Å². The SMILES string of the molecule is CCN1CCN(C(=O)NCc2ccccc2)c2cccnc21. The molecular weight excluding hydrogens is 276 g/mol. The van der Waals surface area contributed by atoms with Gasteiger partial charge in [-0.25, -0.2) is 9.78 Å². The molecule has 2 amide bonds. The number of nitrogens with zero attached hydrogens (tertiary/aromatic N) is 3. The Morgan fingerprint density at radius 2 is 2.00 bits per heavy atom. The van der Waals surface area contributed by atoms with E-state index in [2.05, 4.69) is 22.1 Å². The monoisotopic (exact) mass is 296 g/mol. The van der Waals surface area contributed by atoms with Crippen molar-refractivity contribution in [2.24, 2.45) is 0 Å². The van der Waals surface area contributed by atoms with Crippen LogP contribution < -0.4 is 15.1 Å². The Morgan fingerprint density at radius 3 is 2.77 bits per heavy atom. The first kappa shape index (κ1) is 14.4. The normalized spacial score (nSPS) is 13.7. The number of amides is 2. The van der Waals surface area contributed by atoms with Crippen molar-refractivity contribution in [3.63, 3.8) is 0 Å². The highest BCUT2D eigenvalue weighted by Crippen LogP contribution is 2.30. The van der Waals surface area contributed by atoms with Gasteiger partial charge in [0.25, 0.3) is 0 Å². The zero-order valence-electron chi connectivity index (χ0n) is 12.7. The number of hydrogen-bond donors (Lipinski definition) is 1. The first-order valence-electron chi connectivity index (χ1n) is 7.59. The minimum Gasteiger partial charge on any atom is -0.353 e. The summed E-state index contributed by atoms with van der Waals surface area (Å²) in [6, 6.07) is 13.7. The average molecular weight is 296 g/mol. The highest BCUT2D eigenvalue weighted by Gasteiger charge is 2.26. The van der Waals surface area contributed by atoms with E-state index in [0.29, 0.717) is 13.1 Å². The molecule has 2 aromatic rings. The summed E-state index contributed by atoms with van der Waals surface area (Å²) in [5.74, 6) is 0.881. The van der Waals surface area contributed by atoms with E-state index in [9.17, 15) is 4.79 Å². The van der Waals surface area contributed by atoms with Gasteiger partial charge in [-0.05, 0) is 24.6 Å². The van der Waals surface area contributed by atoms with Crippen molar-refractivity contribution in [2.75, 3.05) is 29.4 Å². The Kier molecular flexibility index (Phi) is 4.23. The molecule has 5 heteroatoms. The second-order valence-electron chi connectivity index (χ2n) is 5.22. The van der Waals surface area contributed by atoms with Crippen LogP contribution in [0.1, 0.15) is 12.5 Å². The summed E-state index contributed by atoms with van der Waals surface area (Å²) in [6.45, 7) is 5.00. The van der Waals surface area contributed by atoms with Crippen LogP contribution in [0, 0.1) is 0 Å². The first-order valence-corrected chi connectivity index (χ1v) is 7.59. The summed E-state index contributed by atoms with van der Waals surface area (Å²) >= 11 is 0. The Bertz CT molecular complexity index is 644. The Hall–Kier alpha value is -2.56. The van der Waals surface area contributed by atoms with Crippen LogP contribution in [-0.2, 0) is 6.54 Å². The minimum atomic E-state index is -0.0751. The fraction of sp³-hybridized carbons (Fsp3) is 0.294. The van der Waals surface area contributed by atoms with Crippen LogP contribution in [0.15, 0.2) is 48.7 Å². The number of pyridine rings is 1. The molecule has 114 valence electrons. The lowest BCUT2D eigenvalue weighted by Gasteiger charge is -2.36. The van der Waals surface area contributed by atoms with E-state index in [0.717, 1.165) is 30.2 Å². The Balaban J connectivity index is 1.73. The highest BCUT2D eigenvalue weighted by molar-refractivity contribution is 5.95. The van der Waals surface area contributed by atoms with Gasteiger partial charge in [-0.2, -0.15) is 0 Å². The molecule has 0 radical (unpaired) electrons. The minimum absolute atomic E-state index is 0.0751. The van der Waals surface area contributed by atoms with Crippen LogP contribution in [0.3, 0.4) is 0 Å². The second kappa shape index (κ2) is 6.47. The molecular formula is C17H20N4O. The largest absolute Gasteiger partial charge is 0.353 e. The van der Waals surface area contributed by atoms with Gasteiger partial charge in [-0.1, -0.05) is 30.3 Å². The predicted molar refractivity (Wildman–Crippen MR) is 88.1 cm³/mol. The molecule has 0 bridgehead atoms. The van der Waals surface area contributed by atoms with Gasteiger partial charge in [-0.15, -0.1) is 0 Å². The smallest absolute Gasteiger partial charge is 0.322 e. The number of benzene rings is 1. The average Bonchev–Trinajstić information content (AvgIpc) is 2.59. The lowest BCUT2D eigenvalue weighted by Crippen LogP contribution is -2.48. The van der Waals surface area contributed by atoms with Crippen LogP contribution in [0.4, 0.5) is 16.3 Å². The molecule has 3 rings (SSSR count). The fourth-order valence-electron chi connectivity index (χ4n) is 2.68. The van der Waals surface area contributed by atoms with Crippen molar-refractivity contribution in [3.8, 4) is 0 Å². The predicted octanol–water partition coefficient (Wildman–Crippen LogP) is 2.64. The number of urea groups is 1. The molecule has 22 heavy (non-hydrogen) atoms. The van der Waals surface area contributed by atoms with E-state index in [4.69, 9.17) is 0 Å². The van der Waals surface area contributed by atoms with Crippen molar-refractivity contribution in [1.29, 1.82) is 0 Å². The van der Waals surface area contributed by atoms with E-state index in [1.807, 2.05) is 42.5 Å². The number of rotatable bonds is 3. The number of carbonyl (C=O) groups is 1. The molecule has 5 nitrogen and oxygen atoms in total. The van der Waals surface area contributed by atoms with Crippen LogP contribution >= 0.6 is 0 Å². The quantitative estimate of drug-likeness (QED) is 0.947. The van der Waals surface area contributed by atoms with Gasteiger partial charge in [0.2, 0.25) is 0 Å². The number of carbonyl (C=O) groups excluding carboxylic acids is 1. The number of hydrogen-bond acceptors (Lipinski definition) is 3. The van der Waals surface area contributed by atoms with Gasteiger partial charge >= 0.3 is 6.03 Å². The van der Waals surface area contributed by atoms with Gasteiger partial charge in [0.05, 0.1) is 5.69 Å². The molecule has 0 atom stereocenters. The summed E-state index contributed by atoms with van der Waals surface area (Å²) in [4.78, 5) is 20.9. The first-order chi connectivity index (χ1) is 10.8. The summed E-state index contributed by atoms with van der Waals surface area (Å²) in [5.41, 5.74) is 1.97. The van der Waals surface area contributed by atoms with Gasteiger partial charge in [0, 0.05) is 32.4 Å². The number of likely N-dealkylation sites (N-methyl/N-ethyl adjacent to an activating group) is 1. The highest BCUT2D eigenvalue weighted by atomic mass is 16.2. The molecule has 0 spiro atoms. The number of anilines is 2. The van der Waals surface area contributed by atoms with Gasteiger partial charge in [0.1, 0.15) is 0 Å². The second-order valence-corrected chi connectivity index (χ2v) is 5.22. The van der Waals surface area contributed by atoms with Crippen LogP contribution in [0.25, 0.3) is 0 Å². The van der Waals surface area contributed by atoms with Crippen molar-refractivity contribution in [3.05, 3.63) is 54.2 Å². The van der Waals surface area contributed by atoms with E-state index in [1.54, 1.807) is 11.1 Å². The maximum atomic E-state index is 12.5. The molecule has 1 aliphatic heterocycles. The molecule has 0 aliphatic carbocycles. The zero-order valence-corrected chi connectivity index (χ0v) is 12.7. The molecule has 0 fully saturated rings. The molecule has 1 aromatic heterocycles. The van der Waals surface area contributed by atoms with Crippen molar-refractivity contribution in [1.82, 2.24) is 10.3 Å². The Morgan fingerprint density at radius 1 is 1.18 bits per heavy atom. The fourth-order valence-corrected chi connectivity index (χ4v) is 2.68. The van der Waals surface area contributed by atoms with Crippen LogP contribution in [0.2, 0.25) is 0 Å². The number of aromatic nitrogens is 1. The summed E-state index contributed by atoms with van der Waals surface area (Å²) < 4.78 is 0. The molecule has 2 heterocycles. The van der Waals surface area contributed by atoms with E-state index < -0.39 is 0 Å². The Labute approximate surface area is 130 Å². The van der Waals surface area contributed by atoms with E-state index >= 15 is 0 Å². The van der Waals surface area contributed by atoms with E-state index in [-0.39, 0.29) is 6.03 Å². The number of fused-ring (bicyclic) bond motifs is 1. The summed E-state index contributed by atoms with van der Waals surface area (Å²) in [5, 5.41) is 2.98. The van der Waals surface area contributed by atoms with Crippen molar-refractivity contribution in [2.45, 2.75) is 13.5 Å². The van der Waals surface area contributed by atoms with Crippen molar-refractivity contribution >= 4 is 17.5 Å². The maximum Gasteiger partial charge on any atom is 0.322 e. The zero-order chi connectivity index (χ0) is 15.4. The molecule has 0 saturated carbocycles. The lowest BCUT2D eigenvalue weighted by atomic mass is 10.2. The molecule has 0 unspecified atom stereocenters. The van der Waals surface area contributed by atoms with Crippen molar-refractivity contribution < 1.29 is 4.79 Å². The molecule has 0 saturated heterocycles. The third-order valence-corrected chi connectivity index (χ3v) is 3.86. The lowest BCUT2D eigenvalue weighted by molar-refractivity contribution is 0.245. The molecule has 1 aromatic carbocycles. The molecule has 1 N–H and O–H groups in total. The van der Waals surface area contributed by atoms with Gasteiger partial charge in [0.15, 0.2) is 5.82 Å². The maximum absolute atomic E-state index is 12.5.